The Kier molecular flexibility index (Phi) is 13.9. The molecule has 42 heavy (non-hydrogen) atoms. The summed E-state index contributed by atoms with van der Waals surface area (Å²) in [6.07, 6.45) is 7.40. The Bertz CT molecular complexity index is 1220. The standard InChI is InChI=1S/C30H44N2O8S2/c1-18(14-23-28(37)27(36)21(16-40-23)11-9-10-19(2)20(3)33)15-25(35)39-13-8-6-4-5-7-12-24(34)32-26-29-22(17-41-42-29)31-30(26)38/h9-10,15,17,19-21,23,27-28,33,36-37H,4-8,11-14,16H2,1-3H3,(H,31,38)(H,32,34). The van der Waals surface area contributed by atoms with E-state index in [4.69, 9.17) is 9.47 Å². The Balaban J connectivity index is 1.25. The SMILES string of the molecule is CC(=CC(=O)OCCCCCCCC(=O)Nc1c2sscc-2[nH]c1=O)CC1OCC(CC=CC(C)C(C)O)C(O)C1O. The van der Waals surface area contributed by atoms with Crippen LogP contribution in [0.3, 0.4) is 0 Å². The number of aromatic nitrogens is 1. The molecule has 1 saturated heterocycles. The van der Waals surface area contributed by atoms with Crippen LogP contribution in [0, 0.1) is 11.8 Å². The number of aliphatic hydroxyl groups excluding tert-OH is 3. The summed E-state index contributed by atoms with van der Waals surface area (Å²) in [5.41, 5.74) is 1.52. The van der Waals surface area contributed by atoms with Crippen LogP contribution in [-0.4, -0.2) is 69.8 Å². The van der Waals surface area contributed by atoms with Crippen LogP contribution in [0.1, 0.15) is 72.1 Å². The highest BCUT2D eigenvalue weighted by atomic mass is 32.9. The van der Waals surface area contributed by atoms with Crippen LogP contribution in [-0.2, 0) is 19.1 Å². The summed E-state index contributed by atoms with van der Waals surface area (Å²) in [5.74, 6) is -0.854. The number of aromatic amines is 1. The van der Waals surface area contributed by atoms with Crippen molar-refractivity contribution >= 4 is 38.2 Å². The number of nitrogens with one attached hydrogen (secondary N) is 2. The first-order valence-corrected chi connectivity index (χ1v) is 16.8. The summed E-state index contributed by atoms with van der Waals surface area (Å²) in [6.45, 7) is 5.99. The van der Waals surface area contributed by atoms with Gasteiger partial charge in [0, 0.05) is 23.8 Å². The second-order valence-corrected chi connectivity index (χ2v) is 13.3. The molecule has 0 aromatic heterocycles. The smallest absolute Gasteiger partial charge is 0.330 e. The third-order valence-electron chi connectivity index (χ3n) is 7.57. The molecule has 12 heteroatoms. The van der Waals surface area contributed by atoms with Crippen molar-refractivity contribution in [3.63, 3.8) is 0 Å². The fraction of sp³-hybridized carbons (Fsp3) is 0.633. The predicted octanol–water partition coefficient (Wildman–Crippen LogP) is 4.46. The monoisotopic (exact) mass is 624 g/mol. The molecule has 6 atom stereocenters. The summed E-state index contributed by atoms with van der Waals surface area (Å²) >= 11 is 0. The first-order valence-electron chi connectivity index (χ1n) is 14.6. The van der Waals surface area contributed by atoms with Crippen molar-refractivity contribution in [2.45, 2.75) is 96.6 Å². The number of hydrogen-bond donors (Lipinski definition) is 5. The molecule has 3 aliphatic rings. The molecule has 234 valence electrons. The molecule has 0 aromatic rings. The van der Waals surface area contributed by atoms with Crippen LogP contribution in [0.15, 0.2) is 34.0 Å². The van der Waals surface area contributed by atoms with Crippen LogP contribution in [0.4, 0.5) is 5.69 Å². The molecule has 3 rings (SSSR count). The lowest BCUT2D eigenvalue weighted by Gasteiger charge is -2.37. The van der Waals surface area contributed by atoms with Gasteiger partial charge in [-0.3, -0.25) is 9.59 Å². The number of esters is 1. The number of unbranched alkanes of at least 4 members (excludes halogenated alkanes) is 4. The zero-order chi connectivity index (χ0) is 30.6. The highest BCUT2D eigenvalue weighted by molar-refractivity contribution is 7.70. The van der Waals surface area contributed by atoms with E-state index in [1.807, 2.05) is 24.5 Å². The van der Waals surface area contributed by atoms with E-state index >= 15 is 0 Å². The van der Waals surface area contributed by atoms with Gasteiger partial charge in [0.2, 0.25) is 5.91 Å². The van der Waals surface area contributed by atoms with Crippen molar-refractivity contribution in [1.82, 2.24) is 4.98 Å². The number of anilines is 1. The van der Waals surface area contributed by atoms with Gasteiger partial charge in [0.25, 0.3) is 5.56 Å². The summed E-state index contributed by atoms with van der Waals surface area (Å²) in [6, 6.07) is 0. The van der Waals surface area contributed by atoms with Gasteiger partial charge in [0.15, 0.2) is 0 Å². The first-order chi connectivity index (χ1) is 20.1. The van der Waals surface area contributed by atoms with Gasteiger partial charge >= 0.3 is 5.97 Å². The average molecular weight is 625 g/mol. The number of carbonyl (C=O) groups is 2. The topological polar surface area (TPSA) is 158 Å². The van der Waals surface area contributed by atoms with E-state index in [9.17, 15) is 29.7 Å². The lowest BCUT2D eigenvalue weighted by atomic mass is 9.87. The molecule has 1 amide bonds. The van der Waals surface area contributed by atoms with Crippen LogP contribution in [0.5, 0.6) is 0 Å². The number of H-pyrrole nitrogens is 1. The lowest BCUT2D eigenvalue weighted by molar-refractivity contribution is -0.162. The van der Waals surface area contributed by atoms with Crippen LogP contribution < -0.4 is 10.9 Å². The van der Waals surface area contributed by atoms with Gasteiger partial charge in [-0.05, 0) is 45.4 Å². The number of allylic oxidation sites excluding steroid dienone is 1. The van der Waals surface area contributed by atoms with Crippen LogP contribution in [0.25, 0.3) is 10.6 Å². The molecule has 0 saturated carbocycles. The molecule has 0 spiro atoms. The molecule has 5 N–H and O–H groups in total. The first kappa shape index (κ1) is 34.1. The molecule has 3 aliphatic heterocycles. The fourth-order valence-corrected chi connectivity index (χ4v) is 6.91. The number of rotatable bonds is 16. The number of aliphatic hydroxyl groups is 3. The van der Waals surface area contributed by atoms with Crippen molar-refractivity contribution in [3.8, 4) is 10.6 Å². The molecule has 0 aromatic carbocycles. The average Bonchev–Trinajstić information content (AvgIpc) is 3.50. The van der Waals surface area contributed by atoms with E-state index in [2.05, 4.69) is 10.3 Å². The minimum Gasteiger partial charge on any atom is -0.463 e. The molecule has 0 radical (unpaired) electrons. The van der Waals surface area contributed by atoms with Crippen molar-refractivity contribution in [2.24, 2.45) is 11.8 Å². The van der Waals surface area contributed by atoms with Crippen molar-refractivity contribution in [3.05, 3.63) is 39.5 Å². The Labute approximate surface area is 254 Å². The van der Waals surface area contributed by atoms with Crippen LogP contribution >= 0.6 is 20.7 Å². The summed E-state index contributed by atoms with van der Waals surface area (Å²) in [7, 11) is 2.97. The van der Waals surface area contributed by atoms with Crippen LogP contribution in [0.2, 0.25) is 0 Å². The Morgan fingerprint density at radius 2 is 1.93 bits per heavy atom. The van der Waals surface area contributed by atoms with Gasteiger partial charge in [-0.2, -0.15) is 0 Å². The maximum Gasteiger partial charge on any atom is 0.330 e. The van der Waals surface area contributed by atoms with Gasteiger partial charge in [-0.25, -0.2) is 4.79 Å². The third-order valence-corrected chi connectivity index (χ3v) is 9.66. The molecule has 10 nitrogen and oxygen atoms in total. The number of amides is 1. The van der Waals surface area contributed by atoms with Gasteiger partial charge in [0.1, 0.15) is 11.8 Å². The van der Waals surface area contributed by atoms with Crippen molar-refractivity contribution in [1.29, 1.82) is 0 Å². The van der Waals surface area contributed by atoms with Gasteiger partial charge in [-0.1, -0.05) is 64.6 Å². The van der Waals surface area contributed by atoms with Crippen molar-refractivity contribution in [2.75, 3.05) is 18.5 Å². The fourth-order valence-electron chi connectivity index (χ4n) is 4.75. The Hall–Kier alpha value is -2.35. The van der Waals surface area contributed by atoms with Crippen molar-refractivity contribution < 1.29 is 34.4 Å². The second-order valence-electron chi connectivity index (χ2n) is 11.2. The Morgan fingerprint density at radius 3 is 2.69 bits per heavy atom. The molecule has 1 fully saturated rings. The quantitative estimate of drug-likeness (QED) is 0.0602. The van der Waals surface area contributed by atoms with E-state index in [-0.39, 0.29) is 23.3 Å². The summed E-state index contributed by atoms with van der Waals surface area (Å²) in [5, 5.41) is 35.3. The van der Waals surface area contributed by atoms with E-state index in [0.717, 1.165) is 29.8 Å². The molecule has 0 aliphatic carbocycles. The summed E-state index contributed by atoms with van der Waals surface area (Å²) < 4.78 is 11.1. The predicted molar refractivity (Wildman–Crippen MR) is 165 cm³/mol. The highest BCUT2D eigenvalue weighted by Crippen LogP contribution is 2.35. The van der Waals surface area contributed by atoms with E-state index in [0.29, 0.717) is 56.6 Å². The maximum absolute atomic E-state index is 12.2. The summed E-state index contributed by atoms with van der Waals surface area (Å²) in [4.78, 5) is 39.9. The van der Waals surface area contributed by atoms with Gasteiger partial charge in [-0.15, -0.1) is 0 Å². The number of carbonyl (C=O) groups excluding carboxylic acids is 2. The highest BCUT2D eigenvalue weighted by Gasteiger charge is 2.37. The molecule has 0 bridgehead atoms. The number of hydrogen-bond acceptors (Lipinski definition) is 10. The third kappa shape index (κ3) is 10.4. The molecular formula is C30H44N2O8S2. The molecular weight excluding hydrogens is 580 g/mol. The zero-order valence-corrected chi connectivity index (χ0v) is 26.2. The number of ether oxygens (including phenoxy) is 2. The minimum atomic E-state index is -1.06. The van der Waals surface area contributed by atoms with Gasteiger partial charge < -0.3 is 35.1 Å². The largest absolute Gasteiger partial charge is 0.463 e. The number of fused-ring (bicyclic) bond motifs is 1. The Morgan fingerprint density at radius 1 is 1.19 bits per heavy atom. The normalized spacial score (nSPS) is 22.9. The van der Waals surface area contributed by atoms with E-state index in [1.54, 1.807) is 13.8 Å². The zero-order valence-electron chi connectivity index (χ0n) is 24.5. The maximum atomic E-state index is 12.2. The minimum absolute atomic E-state index is 0.00597. The van der Waals surface area contributed by atoms with E-state index < -0.39 is 30.4 Å². The lowest BCUT2D eigenvalue weighted by Crippen LogP contribution is -2.50. The van der Waals surface area contributed by atoms with E-state index in [1.165, 1.54) is 26.8 Å². The molecule has 6 unspecified atom stereocenters. The van der Waals surface area contributed by atoms with Gasteiger partial charge in [0.05, 0.1) is 42.1 Å². The second kappa shape index (κ2) is 17.1. The molecule has 3 heterocycles.